The molecule has 0 aliphatic rings. The summed E-state index contributed by atoms with van der Waals surface area (Å²) in [5.41, 5.74) is -2.13. The zero-order valence-electron chi connectivity index (χ0n) is 13.4. The van der Waals surface area contributed by atoms with Crippen LogP contribution in [0, 0.1) is 0 Å². The molecule has 21 heavy (non-hydrogen) atoms. The average molecular weight is 305 g/mol. The van der Waals surface area contributed by atoms with Crippen molar-refractivity contribution in [2.75, 3.05) is 14.1 Å². The second-order valence-corrected chi connectivity index (χ2v) is 6.17. The summed E-state index contributed by atoms with van der Waals surface area (Å²) in [5, 5.41) is 40.3. The molecule has 0 aromatic carbocycles. The molecule has 0 amide bonds. The van der Waals surface area contributed by atoms with Crippen molar-refractivity contribution in [3.05, 3.63) is 0 Å². The molecule has 0 spiro atoms. The second kappa shape index (κ2) is 7.20. The first-order valence-electron chi connectivity index (χ1n) is 7.08. The van der Waals surface area contributed by atoms with E-state index in [1.165, 1.54) is 21.0 Å². The Hall–Kier alpha value is -1.18. The van der Waals surface area contributed by atoms with E-state index in [1.54, 1.807) is 13.8 Å². The van der Waals surface area contributed by atoms with Gasteiger partial charge in [-0.3, -0.25) is 0 Å². The fourth-order valence-electron chi connectivity index (χ4n) is 2.99. The lowest BCUT2D eigenvalue weighted by Crippen LogP contribution is -2.74. The molecule has 0 aliphatic heterocycles. The Kier molecular flexibility index (Phi) is 6.79. The number of hydrogen-bond donors (Lipinski definition) is 3. The van der Waals surface area contributed by atoms with E-state index < -0.39 is 40.2 Å². The van der Waals surface area contributed by atoms with Gasteiger partial charge in [-0.25, -0.2) is 4.79 Å². The third kappa shape index (κ3) is 3.93. The van der Waals surface area contributed by atoms with Crippen LogP contribution in [0.15, 0.2) is 0 Å². The molecule has 0 saturated heterocycles. The minimum atomic E-state index is -2.13. The molecule has 3 N–H and O–H groups in total. The van der Waals surface area contributed by atoms with E-state index in [1.807, 2.05) is 0 Å². The van der Waals surface area contributed by atoms with Crippen molar-refractivity contribution in [1.29, 1.82) is 0 Å². The van der Waals surface area contributed by atoms with E-state index in [-0.39, 0.29) is 19.3 Å². The Labute approximate surface area is 125 Å². The minimum Gasteiger partial charge on any atom is -0.543 e. The van der Waals surface area contributed by atoms with Crippen LogP contribution < -0.4 is 5.11 Å². The molecular weight excluding hydrogens is 278 g/mol. The van der Waals surface area contributed by atoms with Gasteiger partial charge in [-0.05, 0) is 13.8 Å². The Morgan fingerprint density at radius 2 is 1.52 bits per heavy atom. The first-order chi connectivity index (χ1) is 9.43. The summed E-state index contributed by atoms with van der Waals surface area (Å²) in [7, 11) is 2.98. The number of carboxylic acid groups (broad SMARTS) is 2. The van der Waals surface area contributed by atoms with Crippen LogP contribution in [0.2, 0.25) is 0 Å². The van der Waals surface area contributed by atoms with Crippen LogP contribution in [-0.4, -0.2) is 69.6 Å². The van der Waals surface area contributed by atoms with E-state index in [9.17, 15) is 30.0 Å². The predicted molar refractivity (Wildman–Crippen MR) is 74.2 cm³/mol. The normalized spacial score (nSPS) is 19.4. The van der Waals surface area contributed by atoms with Crippen molar-refractivity contribution in [2.24, 2.45) is 0 Å². The van der Waals surface area contributed by atoms with Gasteiger partial charge in [-0.15, -0.1) is 0 Å². The lowest BCUT2D eigenvalue weighted by molar-refractivity contribution is -0.949. The van der Waals surface area contributed by atoms with Crippen molar-refractivity contribution in [1.82, 2.24) is 0 Å². The molecule has 3 unspecified atom stereocenters. The number of likely N-dealkylation sites (N-methyl/N-ethyl adjacent to an activating group) is 1. The Balaban J connectivity index is 5.89. The lowest BCUT2D eigenvalue weighted by atomic mass is 9.86. The van der Waals surface area contributed by atoms with Crippen molar-refractivity contribution >= 4 is 11.9 Å². The molecule has 0 saturated carbocycles. The minimum absolute atomic E-state index is 0.159. The fraction of sp³-hybridized carbons (Fsp3) is 0.857. The smallest absolute Gasteiger partial charge is 0.372 e. The zero-order chi connectivity index (χ0) is 17.0. The van der Waals surface area contributed by atoms with Gasteiger partial charge in [0.2, 0.25) is 5.54 Å². The molecule has 124 valence electrons. The Bertz CT molecular complexity index is 354. The van der Waals surface area contributed by atoms with E-state index in [4.69, 9.17) is 0 Å². The van der Waals surface area contributed by atoms with Gasteiger partial charge >= 0.3 is 5.97 Å². The molecule has 7 heteroatoms. The quantitative estimate of drug-likeness (QED) is 0.370. The third-order valence-electron chi connectivity index (χ3n) is 4.33. The summed E-state index contributed by atoms with van der Waals surface area (Å²) in [6, 6.07) is -0.543. The molecule has 7 nitrogen and oxygen atoms in total. The maximum atomic E-state index is 11.7. The van der Waals surface area contributed by atoms with E-state index >= 15 is 0 Å². The number of hydrogen-bond acceptors (Lipinski definition) is 5. The number of aliphatic carboxylic acids is 2. The number of carbonyl (C=O) groups is 2. The van der Waals surface area contributed by atoms with Crippen LogP contribution in [0.5, 0.6) is 0 Å². The van der Waals surface area contributed by atoms with Gasteiger partial charge in [0.1, 0.15) is 5.97 Å². The molecule has 0 aromatic rings. The SMILES string of the molecule is CCC(C(=O)[O-])(C(=O)O)[N+](C)(C)C(CC(C)O)CC(C)O. The number of carbonyl (C=O) groups excluding carboxylic acids is 1. The molecular formula is C14H27NO6. The highest BCUT2D eigenvalue weighted by Crippen LogP contribution is 2.32. The molecule has 0 heterocycles. The van der Waals surface area contributed by atoms with Gasteiger partial charge < -0.3 is 29.7 Å². The molecule has 0 radical (unpaired) electrons. The molecule has 0 aliphatic carbocycles. The van der Waals surface area contributed by atoms with Gasteiger partial charge in [-0.1, -0.05) is 6.92 Å². The molecule has 3 atom stereocenters. The van der Waals surface area contributed by atoms with Gasteiger partial charge in [0.25, 0.3) is 0 Å². The predicted octanol–water partition coefficient (Wildman–Crippen LogP) is -1.04. The number of rotatable bonds is 9. The average Bonchev–Trinajstić information content (AvgIpc) is 2.26. The van der Waals surface area contributed by atoms with Crippen LogP contribution in [0.3, 0.4) is 0 Å². The highest BCUT2D eigenvalue weighted by molar-refractivity contribution is 6.00. The second-order valence-electron chi connectivity index (χ2n) is 6.17. The van der Waals surface area contributed by atoms with E-state index in [0.29, 0.717) is 0 Å². The molecule has 0 aromatic heterocycles. The first-order valence-corrected chi connectivity index (χ1v) is 7.08. The van der Waals surface area contributed by atoms with Crippen LogP contribution in [0.4, 0.5) is 0 Å². The van der Waals surface area contributed by atoms with Crippen molar-refractivity contribution in [2.45, 2.75) is 63.8 Å². The van der Waals surface area contributed by atoms with Gasteiger partial charge in [0.15, 0.2) is 0 Å². The maximum absolute atomic E-state index is 11.7. The largest absolute Gasteiger partial charge is 0.543 e. The topological polar surface area (TPSA) is 118 Å². The Morgan fingerprint density at radius 3 is 1.71 bits per heavy atom. The fourth-order valence-corrected chi connectivity index (χ4v) is 2.99. The monoisotopic (exact) mass is 305 g/mol. The summed E-state index contributed by atoms with van der Waals surface area (Å²) in [4.78, 5) is 23.2. The molecule has 0 fully saturated rings. The summed E-state index contributed by atoms with van der Waals surface area (Å²) in [6.45, 7) is 4.57. The third-order valence-corrected chi connectivity index (χ3v) is 4.33. The first kappa shape index (κ1) is 19.8. The molecule has 0 bridgehead atoms. The number of carboxylic acids is 2. The molecule has 0 rings (SSSR count). The summed E-state index contributed by atoms with van der Waals surface area (Å²) in [5.74, 6) is -3.14. The highest BCUT2D eigenvalue weighted by Gasteiger charge is 2.56. The number of aliphatic hydroxyl groups excluding tert-OH is 2. The number of quaternary nitrogens is 1. The van der Waals surface area contributed by atoms with E-state index in [0.717, 1.165) is 0 Å². The highest BCUT2D eigenvalue weighted by atomic mass is 16.4. The van der Waals surface area contributed by atoms with Gasteiger partial charge in [-0.2, -0.15) is 0 Å². The number of aliphatic hydroxyl groups is 2. The Morgan fingerprint density at radius 1 is 1.14 bits per heavy atom. The van der Waals surface area contributed by atoms with E-state index in [2.05, 4.69) is 0 Å². The van der Waals surface area contributed by atoms with Gasteiger partial charge in [0.05, 0.1) is 32.3 Å². The standard InChI is InChI=1S/C14H27NO6/c1-6-14(12(18)19,13(20)21)15(4,5)11(7-9(2)16)8-10(3)17/h9-11,16-17H,6-8H2,1-5H3,(H-,18,19,20,21). The van der Waals surface area contributed by atoms with Crippen molar-refractivity contribution < 1.29 is 34.5 Å². The van der Waals surface area contributed by atoms with Crippen LogP contribution in [0.25, 0.3) is 0 Å². The van der Waals surface area contributed by atoms with Gasteiger partial charge in [0, 0.05) is 19.3 Å². The van der Waals surface area contributed by atoms with Crippen LogP contribution in [-0.2, 0) is 9.59 Å². The van der Waals surface area contributed by atoms with Crippen LogP contribution >= 0.6 is 0 Å². The number of nitrogens with zero attached hydrogens (tertiary/aromatic N) is 1. The van der Waals surface area contributed by atoms with Crippen LogP contribution in [0.1, 0.15) is 40.0 Å². The lowest BCUT2D eigenvalue weighted by Gasteiger charge is -2.51. The summed E-state index contributed by atoms with van der Waals surface area (Å²) in [6.07, 6.45) is -1.28. The maximum Gasteiger partial charge on any atom is 0.372 e. The zero-order valence-corrected chi connectivity index (χ0v) is 13.4. The van der Waals surface area contributed by atoms with Crippen molar-refractivity contribution in [3.63, 3.8) is 0 Å². The van der Waals surface area contributed by atoms with Crippen molar-refractivity contribution in [3.8, 4) is 0 Å². The summed E-state index contributed by atoms with van der Waals surface area (Å²) < 4.78 is -0.406. The summed E-state index contributed by atoms with van der Waals surface area (Å²) >= 11 is 0.